The third-order valence-corrected chi connectivity index (χ3v) is 4.00. The molecule has 3 nitrogen and oxygen atoms in total. The summed E-state index contributed by atoms with van der Waals surface area (Å²) in [5, 5.41) is 3.27. The molecule has 1 aliphatic rings. The molecule has 0 radical (unpaired) electrons. The van der Waals surface area contributed by atoms with Crippen LogP contribution >= 0.6 is 22.6 Å². The first-order chi connectivity index (χ1) is 8.20. The third kappa shape index (κ3) is 3.19. The van der Waals surface area contributed by atoms with Gasteiger partial charge in [0.2, 0.25) is 0 Å². The van der Waals surface area contributed by atoms with Crippen LogP contribution in [0.25, 0.3) is 0 Å². The zero-order valence-corrected chi connectivity index (χ0v) is 12.1. The molecule has 0 unspecified atom stereocenters. The second kappa shape index (κ2) is 5.82. The van der Waals surface area contributed by atoms with Gasteiger partial charge in [-0.25, -0.2) is 0 Å². The first kappa shape index (κ1) is 12.8. The largest absolute Gasteiger partial charge is 0.339 e. The maximum Gasteiger partial charge on any atom is 0.253 e. The normalized spacial score (nSPS) is 17.2. The first-order valence-electron chi connectivity index (χ1n) is 5.93. The lowest BCUT2D eigenvalue weighted by Gasteiger charge is -2.31. The molecule has 1 aliphatic heterocycles. The number of rotatable bonds is 2. The topological polar surface area (TPSA) is 32.3 Å². The fraction of sp³-hybridized carbons (Fsp3) is 0.462. The van der Waals surface area contributed by atoms with E-state index in [1.165, 1.54) is 0 Å². The lowest BCUT2D eigenvalue weighted by molar-refractivity contribution is 0.0707. The minimum atomic E-state index is 0.163. The van der Waals surface area contributed by atoms with Gasteiger partial charge in [0.25, 0.3) is 5.91 Å². The number of nitrogens with one attached hydrogen (secondary N) is 1. The Morgan fingerprint density at radius 3 is 2.41 bits per heavy atom. The third-order valence-electron chi connectivity index (χ3n) is 3.28. The van der Waals surface area contributed by atoms with Crippen molar-refractivity contribution in [3.63, 3.8) is 0 Å². The van der Waals surface area contributed by atoms with E-state index >= 15 is 0 Å². The average molecular weight is 344 g/mol. The highest BCUT2D eigenvalue weighted by atomic mass is 127. The monoisotopic (exact) mass is 344 g/mol. The van der Waals surface area contributed by atoms with E-state index in [4.69, 9.17) is 0 Å². The van der Waals surface area contributed by atoms with Crippen LogP contribution in [0.4, 0.5) is 0 Å². The maximum absolute atomic E-state index is 12.2. The van der Waals surface area contributed by atoms with Crippen molar-refractivity contribution in [2.45, 2.75) is 18.9 Å². The highest BCUT2D eigenvalue weighted by Crippen LogP contribution is 2.14. The van der Waals surface area contributed by atoms with Gasteiger partial charge in [-0.1, -0.05) is 0 Å². The molecule has 0 atom stereocenters. The van der Waals surface area contributed by atoms with Gasteiger partial charge in [0, 0.05) is 28.3 Å². The van der Waals surface area contributed by atoms with Crippen molar-refractivity contribution in [1.29, 1.82) is 0 Å². The van der Waals surface area contributed by atoms with Crippen molar-refractivity contribution in [2.24, 2.45) is 0 Å². The van der Waals surface area contributed by atoms with E-state index in [2.05, 4.69) is 27.9 Å². The molecule has 1 aromatic carbocycles. The van der Waals surface area contributed by atoms with Gasteiger partial charge in [-0.15, -0.1) is 0 Å². The van der Waals surface area contributed by atoms with Crippen molar-refractivity contribution in [2.75, 3.05) is 20.1 Å². The van der Waals surface area contributed by atoms with Gasteiger partial charge in [-0.05, 0) is 66.7 Å². The number of carbonyl (C=O) groups excluding carboxylic acids is 1. The molecule has 0 aromatic heterocycles. The molecule has 1 saturated heterocycles. The molecule has 0 saturated carbocycles. The van der Waals surface area contributed by atoms with Crippen LogP contribution in [0.1, 0.15) is 23.2 Å². The van der Waals surface area contributed by atoms with E-state index in [0.29, 0.717) is 6.04 Å². The molecule has 1 amide bonds. The van der Waals surface area contributed by atoms with Crippen molar-refractivity contribution >= 4 is 28.5 Å². The highest BCUT2D eigenvalue weighted by Gasteiger charge is 2.22. The summed E-state index contributed by atoms with van der Waals surface area (Å²) in [6.07, 6.45) is 2.10. The number of carbonyl (C=O) groups is 1. The number of hydrogen-bond acceptors (Lipinski definition) is 2. The second-order valence-electron chi connectivity index (χ2n) is 4.36. The summed E-state index contributed by atoms with van der Waals surface area (Å²) in [5.41, 5.74) is 0.799. The predicted molar refractivity (Wildman–Crippen MR) is 77.1 cm³/mol. The second-order valence-corrected chi connectivity index (χ2v) is 5.61. The predicted octanol–water partition coefficient (Wildman–Crippen LogP) is 2.12. The Balaban J connectivity index is 1.99. The minimum absolute atomic E-state index is 0.163. The van der Waals surface area contributed by atoms with Gasteiger partial charge in [-0.3, -0.25) is 4.79 Å². The van der Waals surface area contributed by atoms with Crippen molar-refractivity contribution < 1.29 is 4.79 Å². The van der Waals surface area contributed by atoms with Gasteiger partial charge in [0.1, 0.15) is 0 Å². The van der Waals surface area contributed by atoms with E-state index < -0.39 is 0 Å². The lowest BCUT2D eigenvalue weighted by atomic mass is 10.0. The summed E-state index contributed by atoms with van der Waals surface area (Å²) < 4.78 is 1.16. The zero-order valence-electron chi connectivity index (χ0n) is 9.95. The number of likely N-dealkylation sites (tertiary alicyclic amines) is 1. The van der Waals surface area contributed by atoms with Crippen LogP contribution in [0.15, 0.2) is 24.3 Å². The van der Waals surface area contributed by atoms with E-state index in [1.54, 1.807) is 0 Å². The molecule has 2 rings (SSSR count). The van der Waals surface area contributed by atoms with Crippen LogP contribution in [-0.4, -0.2) is 37.0 Å². The Morgan fingerprint density at radius 2 is 1.88 bits per heavy atom. The van der Waals surface area contributed by atoms with Gasteiger partial charge < -0.3 is 10.2 Å². The number of nitrogens with zero attached hydrogens (tertiary/aromatic N) is 1. The summed E-state index contributed by atoms with van der Waals surface area (Å²) in [4.78, 5) is 14.2. The van der Waals surface area contributed by atoms with Crippen molar-refractivity contribution in [1.82, 2.24) is 10.2 Å². The van der Waals surface area contributed by atoms with Crippen LogP contribution < -0.4 is 5.32 Å². The molecule has 0 aliphatic carbocycles. The molecule has 1 heterocycles. The Morgan fingerprint density at radius 1 is 1.29 bits per heavy atom. The van der Waals surface area contributed by atoms with Crippen molar-refractivity contribution in [3.8, 4) is 0 Å². The quantitative estimate of drug-likeness (QED) is 0.834. The number of piperidine rings is 1. The molecule has 1 N–H and O–H groups in total. The Kier molecular flexibility index (Phi) is 4.39. The van der Waals surface area contributed by atoms with E-state index in [-0.39, 0.29) is 5.91 Å². The molecule has 1 fully saturated rings. The SMILES string of the molecule is CNC1CCN(C(=O)c2ccc(I)cc2)CC1. The first-order valence-corrected chi connectivity index (χ1v) is 7.00. The molecule has 0 spiro atoms. The molecule has 17 heavy (non-hydrogen) atoms. The Labute approximate surface area is 116 Å². The summed E-state index contributed by atoms with van der Waals surface area (Å²) in [7, 11) is 1.99. The maximum atomic E-state index is 12.2. The molecular weight excluding hydrogens is 327 g/mol. The zero-order chi connectivity index (χ0) is 12.3. The molecule has 92 valence electrons. The number of hydrogen-bond donors (Lipinski definition) is 1. The number of benzene rings is 1. The highest BCUT2D eigenvalue weighted by molar-refractivity contribution is 14.1. The van der Waals surface area contributed by atoms with Crippen LogP contribution in [0.3, 0.4) is 0 Å². The van der Waals surface area contributed by atoms with Gasteiger partial charge >= 0.3 is 0 Å². The van der Waals surface area contributed by atoms with Gasteiger partial charge in [0.15, 0.2) is 0 Å². The lowest BCUT2D eigenvalue weighted by Crippen LogP contribution is -2.43. The van der Waals surface area contributed by atoms with E-state index in [9.17, 15) is 4.79 Å². The van der Waals surface area contributed by atoms with Gasteiger partial charge in [-0.2, -0.15) is 0 Å². The summed E-state index contributed by atoms with van der Waals surface area (Å²) in [6, 6.07) is 8.35. The summed E-state index contributed by atoms with van der Waals surface area (Å²) >= 11 is 2.25. The molecular formula is C13H17IN2O. The number of amides is 1. The van der Waals surface area contributed by atoms with Crippen molar-refractivity contribution in [3.05, 3.63) is 33.4 Å². The van der Waals surface area contributed by atoms with Crippen LogP contribution in [0, 0.1) is 3.57 Å². The minimum Gasteiger partial charge on any atom is -0.339 e. The Bertz CT molecular complexity index is 383. The molecule has 4 heteroatoms. The summed E-state index contributed by atoms with van der Waals surface area (Å²) in [5.74, 6) is 0.163. The van der Waals surface area contributed by atoms with Crippen LogP contribution in [-0.2, 0) is 0 Å². The van der Waals surface area contributed by atoms with Crippen LogP contribution in [0.5, 0.6) is 0 Å². The average Bonchev–Trinajstić information content (AvgIpc) is 2.39. The smallest absolute Gasteiger partial charge is 0.253 e. The summed E-state index contributed by atoms with van der Waals surface area (Å²) in [6.45, 7) is 1.71. The van der Waals surface area contributed by atoms with E-state index in [0.717, 1.165) is 35.1 Å². The standard InChI is InChI=1S/C13H17IN2O/c1-15-12-6-8-16(9-7-12)13(17)10-2-4-11(14)5-3-10/h2-5,12,15H,6-9H2,1H3. The fourth-order valence-electron chi connectivity index (χ4n) is 2.15. The fourth-order valence-corrected chi connectivity index (χ4v) is 2.51. The van der Waals surface area contributed by atoms with E-state index in [1.807, 2.05) is 36.2 Å². The Hall–Kier alpha value is -0.620. The van der Waals surface area contributed by atoms with Crippen LogP contribution in [0.2, 0.25) is 0 Å². The molecule has 0 bridgehead atoms. The van der Waals surface area contributed by atoms with Gasteiger partial charge in [0.05, 0.1) is 0 Å². The number of halogens is 1. The molecule has 1 aromatic rings.